The number of piperidine rings is 1. The summed E-state index contributed by atoms with van der Waals surface area (Å²) in [6.45, 7) is 0.642. The van der Waals surface area contributed by atoms with Gasteiger partial charge in [-0.25, -0.2) is 4.98 Å². The fraction of sp³-hybridized carbons (Fsp3) is 0.545. The molecule has 6 heteroatoms. The van der Waals surface area contributed by atoms with E-state index in [0.29, 0.717) is 23.4 Å². The molecule has 1 aromatic heterocycles. The highest BCUT2D eigenvalue weighted by Crippen LogP contribution is 2.34. The van der Waals surface area contributed by atoms with Crippen molar-refractivity contribution in [3.8, 4) is 0 Å². The van der Waals surface area contributed by atoms with Crippen LogP contribution in [-0.4, -0.2) is 24.2 Å². The van der Waals surface area contributed by atoms with E-state index in [0.717, 1.165) is 0 Å². The zero-order valence-electron chi connectivity index (χ0n) is 9.04. The van der Waals surface area contributed by atoms with Gasteiger partial charge in [-0.2, -0.15) is 13.2 Å². The Bertz CT molecular complexity index is 395. The van der Waals surface area contributed by atoms with Gasteiger partial charge in [0.15, 0.2) is 0 Å². The number of anilines is 1. The molecule has 2 rings (SSSR count). The van der Waals surface area contributed by atoms with Gasteiger partial charge in [0, 0.05) is 13.1 Å². The summed E-state index contributed by atoms with van der Waals surface area (Å²) >= 11 is 3.22. The molecule has 1 aliphatic rings. The van der Waals surface area contributed by atoms with Crippen molar-refractivity contribution in [2.75, 3.05) is 18.0 Å². The molecule has 1 aliphatic heterocycles. The Morgan fingerprint density at radius 1 is 1.35 bits per heavy atom. The summed E-state index contributed by atoms with van der Waals surface area (Å²) in [5.74, 6) is -0.634. The molecule has 1 saturated heterocycles. The van der Waals surface area contributed by atoms with Gasteiger partial charge in [-0.15, -0.1) is 0 Å². The SMILES string of the molecule is FC(F)(F)C1CCCN(c2cccc(Br)n2)C1. The van der Waals surface area contributed by atoms with E-state index in [1.807, 2.05) is 0 Å². The first-order valence-corrected chi connectivity index (χ1v) is 6.20. The molecule has 0 aliphatic carbocycles. The van der Waals surface area contributed by atoms with Crippen molar-refractivity contribution in [1.82, 2.24) is 4.98 Å². The van der Waals surface area contributed by atoms with Gasteiger partial charge in [-0.1, -0.05) is 6.07 Å². The predicted molar refractivity (Wildman–Crippen MR) is 62.9 cm³/mol. The van der Waals surface area contributed by atoms with Gasteiger partial charge >= 0.3 is 6.18 Å². The molecule has 2 heterocycles. The van der Waals surface area contributed by atoms with Gasteiger partial charge in [0.25, 0.3) is 0 Å². The van der Waals surface area contributed by atoms with Gasteiger partial charge < -0.3 is 4.90 Å². The third-order valence-corrected chi connectivity index (χ3v) is 3.35. The number of hydrogen-bond acceptors (Lipinski definition) is 2. The Morgan fingerprint density at radius 3 is 2.76 bits per heavy atom. The molecule has 0 saturated carbocycles. The highest BCUT2D eigenvalue weighted by atomic mass is 79.9. The standard InChI is InChI=1S/C11H12BrF3N2/c12-9-4-1-5-10(16-9)17-6-2-3-8(7-17)11(13,14)15/h1,4-5,8H,2-3,6-7H2. The van der Waals surface area contributed by atoms with Gasteiger partial charge in [0.2, 0.25) is 0 Å². The maximum atomic E-state index is 12.7. The Balaban J connectivity index is 2.12. The van der Waals surface area contributed by atoms with E-state index < -0.39 is 12.1 Å². The first-order chi connectivity index (χ1) is 7.97. The maximum absolute atomic E-state index is 12.7. The van der Waals surface area contributed by atoms with E-state index in [4.69, 9.17) is 0 Å². The lowest BCUT2D eigenvalue weighted by Crippen LogP contribution is -2.42. The molecule has 0 radical (unpaired) electrons. The van der Waals surface area contributed by atoms with Crippen molar-refractivity contribution in [2.45, 2.75) is 19.0 Å². The molecule has 0 N–H and O–H groups in total. The quantitative estimate of drug-likeness (QED) is 0.737. The van der Waals surface area contributed by atoms with Crippen LogP contribution in [0.25, 0.3) is 0 Å². The van der Waals surface area contributed by atoms with Crippen LogP contribution in [0.2, 0.25) is 0 Å². The number of alkyl halides is 3. The Hall–Kier alpha value is -0.780. The van der Waals surface area contributed by atoms with Crippen molar-refractivity contribution >= 4 is 21.7 Å². The molecule has 17 heavy (non-hydrogen) atoms. The number of nitrogens with zero attached hydrogens (tertiary/aromatic N) is 2. The lowest BCUT2D eigenvalue weighted by atomic mass is 9.97. The first-order valence-electron chi connectivity index (χ1n) is 5.41. The summed E-state index contributed by atoms with van der Waals surface area (Å²) in [6, 6.07) is 5.28. The van der Waals surface area contributed by atoms with E-state index in [1.54, 1.807) is 23.1 Å². The molecule has 1 aromatic rings. The molecular weight excluding hydrogens is 297 g/mol. The first kappa shape index (κ1) is 12.7. The average molecular weight is 309 g/mol. The average Bonchev–Trinajstić information content (AvgIpc) is 2.28. The highest BCUT2D eigenvalue weighted by Gasteiger charge is 2.41. The monoisotopic (exact) mass is 308 g/mol. The van der Waals surface area contributed by atoms with Crippen molar-refractivity contribution in [1.29, 1.82) is 0 Å². The van der Waals surface area contributed by atoms with E-state index in [2.05, 4.69) is 20.9 Å². The second-order valence-corrected chi connectivity index (χ2v) is 4.96. The second kappa shape index (κ2) is 4.84. The van der Waals surface area contributed by atoms with E-state index in [-0.39, 0.29) is 13.0 Å². The van der Waals surface area contributed by atoms with E-state index in [9.17, 15) is 13.2 Å². The van der Waals surface area contributed by atoms with Gasteiger partial charge in [0.1, 0.15) is 10.4 Å². The van der Waals surface area contributed by atoms with Crippen LogP contribution in [-0.2, 0) is 0 Å². The fourth-order valence-electron chi connectivity index (χ4n) is 2.03. The van der Waals surface area contributed by atoms with Crippen LogP contribution in [0, 0.1) is 5.92 Å². The van der Waals surface area contributed by atoms with Crippen molar-refractivity contribution in [3.63, 3.8) is 0 Å². The molecule has 0 spiro atoms. The molecular formula is C11H12BrF3N2. The maximum Gasteiger partial charge on any atom is 0.393 e. The fourth-order valence-corrected chi connectivity index (χ4v) is 2.36. The summed E-state index contributed by atoms with van der Waals surface area (Å²) < 4.78 is 38.6. The summed E-state index contributed by atoms with van der Waals surface area (Å²) in [4.78, 5) is 5.89. The molecule has 1 unspecified atom stereocenters. The largest absolute Gasteiger partial charge is 0.393 e. The van der Waals surface area contributed by atoms with Crippen LogP contribution in [0.4, 0.5) is 19.0 Å². The van der Waals surface area contributed by atoms with Crippen LogP contribution in [0.3, 0.4) is 0 Å². The predicted octanol–water partition coefficient (Wildman–Crippen LogP) is 3.62. The summed E-state index contributed by atoms with van der Waals surface area (Å²) in [6.07, 6.45) is -3.34. The van der Waals surface area contributed by atoms with Gasteiger partial charge in [-0.3, -0.25) is 0 Å². The van der Waals surface area contributed by atoms with Gasteiger partial charge in [0.05, 0.1) is 5.92 Å². The Kier molecular flexibility index (Phi) is 3.61. The molecule has 0 amide bonds. The molecule has 0 bridgehead atoms. The zero-order chi connectivity index (χ0) is 12.5. The topological polar surface area (TPSA) is 16.1 Å². The Labute approximate surface area is 106 Å². The van der Waals surface area contributed by atoms with Crippen LogP contribution in [0.5, 0.6) is 0 Å². The van der Waals surface area contributed by atoms with Gasteiger partial charge in [-0.05, 0) is 40.9 Å². The molecule has 0 aromatic carbocycles. The lowest BCUT2D eigenvalue weighted by molar-refractivity contribution is -0.176. The van der Waals surface area contributed by atoms with Crippen molar-refractivity contribution < 1.29 is 13.2 Å². The van der Waals surface area contributed by atoms with Crippen LogP contribution >= 0.6 is 15.9 Å². The van der Waals surface area contributed by atoms with Crippen molar-refractivity contribution in [3.05, 3.63) is 22.8 Å². The summed E-state index contributed by atoms with van der Waals surface area (Å²) in [5.41, 5.74) is 0. The van der Waals surface area contributed by atoms with Crippen molar-refractivity contribution in [2.24, 2.45) is 5.92 Å². The number of hydrogen-bond donors (Lipinski definition) is 0. The lowest BCUT2D eigenvalue weighted by Gasteiger charge is -2.34. The summed E-state index contributed by atoms with van der Waals surface area (Å²) in [5, 5.41) is 0. The third-order valence-electron chi connectivity index (χ3n) is 2.91. The number of halogens is 4. The minimum atomic E-state index is -4.11. The molecule has 94 valence electrons. The zero-order valence-corrected chi connectivity index (χ0v) is 10.6. The molecule has 1 fully saturated rings. The minimum absolute atomic E-state index is 0.00690. The number of pyridine rings is 1. The Morgan fingerprint density at radius 2 is 2.12 bits per heavy atom. The summed E-state index contributed by atoms with van der Waals surface area (Å²) in [7, 11) is 0. The van der Waals surface area contributed by atoms with E-state index in [1.165, 1.54) is 0 Å². The third kappa shape index (κ3) is 3.12. The number of aromatic nitrogens is 1. The minimum Gasteiger partial charge on any atom is -0.356 e. The highest BCUT2D eigenvalue weighted by molar-refractivity contribution is 9.10. The van der Waals surface area contributed by atoms with Crippen LogP contribution < -0.4 is 4.90 Å². The second-order valence-electron chi connectivity index (χ2n) is 4.15. The molecule has 2 nitrogen and oxygen atoms in total. The van der Waals surface area contributed by atoms with Crippen LogP contribution in [0.15, 0.2) is 22.8 Å². The molecule has 1 atom stereocenters. The number of rotatable bonds is 1. The van der Waals surface area contributed by atoms with E-state index >= 15 is 0 Å². The van der Waals surface area contributed by atoms with Crippen LogP contribution in [0.1, 0.15) is 12.8 Å². The smallest absolute Gasteiger partial charge is 0.356 e. The normalized spacial score (nSPS) is 21.6.